The summed E-state index contributed by atoms with van der Waals surface area (Å²) in [6.07, 6.45) is 3.34. The molecule has 0 saturated carbocycles. The van der Waals surface area contributed by atoms with Crippen molar-refractivity contribution in [1.29, 1.82) is 0 Å². The summed E-state index contributed by atoms with van der Waals surface area (Å²) < 4.78 is 5.12. The number of amidine groups is 1. The van der Waals surface area contributed by atoms with E-state index in [9.17, 15) is 0 Å². The number of nitrogens with one attached hydrogen (secondary N) is 1. The summed E-state index contributed by atoms with van der Waals surface area (Å²) in [6, 6.07) is 8.22. The van der Waals surface area contributed by atoms with Gasteiger partial charge in [0.15, 0.2) is 0 Å². The predicted molar refractivity (Wildman–Crippen MR) is 66.2 cm³/mol. The van der Waals surface area contributed by atoms with Gasteiger partial charge in [0.25, 0.3) is 0 Å². The monoisotopic (exact) mass is 218 g/mol. The minimum absolute atomic E-state index is 0.914. The molecule has 0 unspecified atom stereocenters. The molecular weight excluding hydrogens is 200 g/mol. The Balaban J connectivity index is 1.76. The van der Waals surface area contributed by atoms with Gasteiger partial charge in [0.1, 0.15) is 5.75 Å². The van der Waals surface area contributed by atoms with E-state index in [1.165, 1.54) is 17.8 Å². The number of hydrogen-bond donors (Lipinski definition) is 1. The Kier molecular flexibility index (Phi) is 3.81. The van der Waals surface area contributed by atoms with E-state index in [2.05, 4.69) is 22.4 Å². The number of benzene rings is 1. The van der Waals surface area contributed by atoms with Crippen LogP contribution in [0.5, 0.6) is 5.75 Å². The highest BCUT2D eigenvalue weighted by molar-refractivity contribution is 5.83. The van der Waals surface area contributed by atoms with Gasteiger partial charge in [-0.3, -0.25) is 4.99 Å². The van der Waals surface area contributed by atoms with Crippen LogP contribution in [0.1, 0.15) is 18.4 Å². The van der Waals surface area contributed by atoms with Gasteiger partial charge in [-0.05, 0) is 30.5 Å². The first-order valence-corrected chi connectivity index (χ1v) is 5.78. The van der Waals surface area contributed by atoms with E-state index in [0.717, 1.165) is 31.7 Å². The molecule has 1 aromatic carbocycles. The van der Waals surface area contributed by atoms with Gasteiger partial charge in [-0.1, -0.05) is 12.1 Å². The van der Waals surface area contributed by atoms with E-state index in [1.54, 1.807) is 7.11 Å². The number of nitrogens with zero attached hydrogens (tertiary/aromatic N) is 1. The van der Waals surface area contributed by atoms with Crippen molar-refractivity contribution in [3.05, 3.63) is 29.8 Å². The van der Waals surface area contributed by atoms with Crippen molar-refractivity contribution >= 4 is 5.84 Å². The molecule has 1 aliphatic rings. The first-order chi connectivity index (χ1) is 7.88. The molecule has 0 amide bonds. The standard InChI is InChI=1S/C13H18N2O/c1-16-12-6-4-11(5-7-12)8-10-15-13-3-2-9-14-13/h4-7H,2-3,8-10H2,1H3,(H,14,15). The van der Waals surface area contributed by atoms with Gasteiger partial charge >= 0.3 is 0 Å². The van der Waals surface area contributed by atoms with Gasteiger partial charge in [-0.2, -0.15) is 0 Å². The lowest BCUT2D eigenvalue weighted by Gasteiger charge is -2.06. The fourth-order valence-corrected chi connectivity index (χ4v) is 1.83. The number of aliphatic imine (C=N–C) groups is 1. The van der Waals surface area contributed by atoms with Crippen LogP contribution in [0.4, 0.5) is 0 Å². The van der Waals surface area contributed by atoms with Crippen molar-refractivity contribution in [3.63, 3.8) is 0 Å². The summed E-state index contributed by atoms with van der Waals surface area (Å²) in [5.41, 5.74) is 1.33. The Labute approximate surface area is 96.5 Å². The van der Waals surface area contributed by atoms with Crippen LogP contribution in [0, 0.1) is 0 Å². The average molecular weight is 218 g/mol. The van der Waals surface area contributed by atoms with Gasteiger partial charge < -0.3 is 10.1 Å². The molecule has 86 valence electrons. The summed E-state index contributed by atoms with van der Waals surface area (Å²) in [6.45, 7) is 1.95. The lowest BCUT2D eigenvalue weighted by molar-refractivity contribution is 0.414. The fraction of sp³-hybridized carbons (Fsp3) is 0.462. The van der Waals surface area contributed by atoms with Crippen molar-refractivity contribution in [3.8, 4) is 5.75 Å². The second-order valence-corrected chi connectivity index (χ2v) is 3.96. The minimum atomic E-state index is 0.914. The van der Waals surface area contributed by atoms with Crippen LogP contribution < -0.4 is 10.1 Å². The van der Waals surface area contributed by atoms with E-state index in [0.29, 0.717) is 0 Å². The van der Waals surface area contributed by atoms with Crippen molar-refractivity contribution in [2.24, 2.45) is 4.99 Å². The minimum Gasteiger partial charge on any atom is -0.497 e. The zero-order valence-corrected chi connectivity index (χ0v) is 9.70. The van der Waals surface area contributed by atoms with Crippen molar-refractivity contribution < 1.29 is 4.74 Å². The molecular formula is C13H18N2O. The van der Waals surface area contributed by atoms with Crippen LogP contribution in [0.25, 0.3) is 0 Å². The lowest BCUT2D eigenvalue weighted by Crippen LogP contribution is -2.23. The molecule has 1 aromatic rings. The van der Waals surface area contributed by atoms with E-state index in [1.807, 2.05) is 12.1 Å². The molecule has 16 heavy (non-hydrogen) atoms. The first-order valence-electron chi connectivity index (χ1n) is 5.78. The number of methoxy groups -OCH3 is 1. The molecule has 1 heterocycles. The zero-order valence-electron chi connectivity index (χ0n) is 9.70. The van der Waals surface area contributed by atoms with E-state index in [-0.39, 0.29) is 0 Å². The first kappa shape index (κ1) is 11.0. The Morgan fingerprint density at radius 3 is 2.75 bits per heavy atom. The van der Waals surface area contributed by atoms with Crippen LogP contribution >= 0.6 is 0 Å². The SMILES string of the molecule is COc1ccc(CCNC2=NCCC2)cc1. The highest BCUT2D eigenvalue weighted by Crippen LogP contribution is 2.11. The maximum absolute atomic E-state index is 5.12. The summed E-state index contributed by atoms with van der Waals surface area (Å²) in [4.78, 5) is 4.38. The van der Waals surface area contributed by atoms with Gasteiger partial charge in [0, 0.05) is 19.5 Å². The number of hydrogen-bond acceptors (Lipinski definition) is 3. The third-order valence-corrected chi connectivity index (χ3v) is 2.78. The largest absolute Gasteiger partial charge is 0.497 e. The van der Waals surface area contributed by atoms with Gasteiger partial charge in [-0.25, -0.2) is 0 Å². The summed E-state index contributed by atoms with van der Waals surface area (Å²) in [5.74, 6) is 2.09. The molecule has 3 heteroatoms. The van der Waals surface area contributed by atoms with E-state index >= 15 is 0 Å². The maximum atomic E-state index is 5.12. The molecule has 0 spiro atoms. The fourth-order valence-electron chi connectivity index (χ4n) is 1.83. The Morgan fingerprint density at radius 1 is 1.31 bits per heavy atom. The Hall–Kier alpha value is -1.51. The number of ether oxygens (including phenoxy) is 1. The third-order valence-electron chi connectivity index (χ3n) is 2.78. The summed E-state index contributed by atoms with van der Waals surface area (Å²) in [7, 11) is 1.69. The van der Waals surface area contributed by atoms with Crippen LogP contribution in [0.3, 0.4) is 0 Å². The molecule has 2 rings (SSSR count). The molecule has 0 bridgehead atoms. The van der Waals surface area contributed by atoms with Crippen LogP contribution in [0.15, 0.2) is 29.3 Å². The smallest absolute Gasteiger partial charge is 0.118 e. The maximum Gasteiger partial charge on any atom is 0.118 e. The van der Waals surface area contributed by atoms with E-state index in [4.69, 9.17) is 4.74 Å². The van der Waals surface area contributed by atoms with Crippen LogP contribution in [-0.4, -0.2) is 26.0 Å². The topological polar surface area (TPSA) is 33.6 Å². The third kappa shape index (κ3) is 2.99. The van der Waals surface area contributed by atoms with E-state index < -0.39 is 0 Å². The van der Waals surface area contributed by atoms with Crippen LogP contribution in [-0.2, 0) is 6.42 Å². The molecule has 0 fully saturated rings. The Morgan fingerprint density at radius 2 is 2.12 bits per heavy atom. The average Bonchev–Trinajstić information content (AvgIpc) is 2.83. The predicted octanol–water partition coefficient (Wildman–Crippen LogP) is 2.02. The van der Waals surface area contributed by atoms with Gasteiger partial charge in [0.05, 0.1) is 12.9 Å². The summed E-state index contributed by atoms with van der Waals surface area (Å²) >= 11 is 0. The Bertz CT molecular complexity index is 357. The normalized spacial score (nSPS) is 14.7. The molecule has 0 radical (unpaired) electrons. The van der Waals surface area contributed by atoms with Gasteiger partial charge in [-0.15, -0.1) is 0 Å². The quantitative estimate of drug-likeness (QED) is 0.838. The lowest BCUT2D eigenvalue weighted by atomic mass is 10.1. The second-order valence-electron chi connectivity index (χ2n) is 3.96. The highest BCUT2D eigenvalue weighted by atomic mass is 16.5. The van der Waals surface area contributed by atoms with Gasteiger partial charge in [0.2, 0.25) is 0 Å². The molecule has 0 aromatic heterocycles. The molecule has 0 aliphatic carbocycles. The number of rotatable bonds is 4. The molecule has 0 saturated heterocycles. The highest BCUT2D eigenvalue weighted by Gasteiger charge is 2.04. The van der Waals surface area contributed by atoms with Crippen LogP contribution in [0.2, 0.25) is 0 Å². The summed E-state index contributed by atoms with van der Waals surface area (Å²) in [5, 5.41) is 3.38. The van der Waals surface area contributed by atoms with Crippen molar-refractivity contribution in [2.75, 3.05) is 20.2 Å². The second kappa shape index (κ2) is 5.54. The van der Waals surface area contributed by atoms with Crippen molar-refractivity contribution in [1.82, 2.24) is 5.32 Å². The molecule has 1 aliphatic heterocycles. The molecule has 0 atom stereocenters. The zero-order chi connectivity index (χ0) is 11.2. The molecule has 3 nitrogen and oxygen atoms in total. The molecule has 1 N–H and O–H groups in total. The van der Waals surface area contributed by atoms with Crippen molar-refractivity contribution in [2.45, 2.75) is 19.3 Å².